The molecule has 2 fully saturated rings. The fourth-order valence-electron chi connectivity index (χ4n) is 3.17. The van der Waals surface area contributed by atoms with Crippen LogP contribution in [-0.2, 0) is 4.74 Å². The summed E-state index contributed by atoms with van der Waals surface area (Å²) in [4.78, 5) is 14.4. The van der Waals surface area contributed by atoms with Gasteiger partial charge >= 0.3 is 6.09 Å². The van der Waals surface area contributed by atoms with Crippen LogP contribution < -0.4 is 5.32 Å². The molecule has 2 saturated heterocycles. The summed E-state index contributed by atoms with van der Waals surface area (Å²) in [6.07, 6.45) is 4.36. The van der Waals surface area contributed by atoms with E-state index in [0.717, 1.165) is 32.4 Å². The molecule has 2 aliphatic heterocycles. The SMILES string of the molecule is CC1CCN(C(=O)OC(C)(C)C)C2CCCNC2C1. The number of carbonyl (C=O) groups excluding carboxylic acids is 1. The lowest BCUT2D eigenvalue weighted by molar-refractivity contribution is 0.0106. The Morgan fingerprint density at radius 1 is 1.32 bits per heavy atom. The Labute approximate surface area is 116 Å². The number of fused-ring (bicyclic) bond motifs is 1. The quantitative estimate of drug-likeness (QED) is 0.734. The van der Waals surface area contributed by atoms with Crippen LogP contribution in [0.1, 0.15) is 53.4 Å². The smallest absolute Gasteiger partial charge is 0.410 e. The van der Waals surface area contributed by atoms with Gasteiger partial charge in [0.25, 0.3) is 0 Å². The molecule has 1 amide bonds. The summed E-state index contributed by atoms with van der Waals surface area (Å²) in [5.74, 6) is 0.672. The molecular weight excluding hydrogens is 240 g/mol. The molecule has 2 heterocycles. The van der Waals surface area contributed by atoms with Crippen molar-refractivity contribution in [2.75, 3.05) is 13.1 Å². The molecule has 3 unspecified atom stereocenters. The van der Waals surface area contributed by atoms with Crippen molar-refractivity contribution in [1.82, 2.24) is 10.2 Å². The summed E-state index contributed by atoms with van der Waals surface area (Å²) in [7, 11) is 0. The summed E-state index contributed by atoms with van der Waals surface area (Å²) in [5, 5.41) is 3.59. The Morgan fingerprint density at radius 2 is 2.05 bits per heavy atom. The van der Waals surface area contributed by atoms with Gasteiger partial charge in [-0.2, -0.15) is 0 Å². The Balaban J connectivity index is 2.10. The molecule has 4 heteroatoms. The molecular formula is C15H28N2O2. The lowest BCUT2D eigenvalue weighted by Crippen LogP contribution is -2.55. The maximum absolute atomic E-state index is 12.4. The number of amides is 1. The lowest BCUT2D eigenvalue weighted by Gasteiger charge is -2.39. The number of hydrogen-bond donors (Lipinski definition) is 1. The summed E-state index contributed by atoms with van der Waals surface area (Å²) >= 11 is 0. The van der Waals surface area contributed by atoms with Crippen molar-refractivity contribution in [2.24, 2.45) is 5.92 Å². The van der Waals surface area contributed by atoms with E-state index in [2.05, 4.69) is 12.2 Å². The van der Waals surface area contributed by atoms with Crippen LogP contribution in [0, 0.1) is 5.92 Å². The number of ether oxygens (including phenoxy) is 1. The fourth-order valence-corrected chi connectivity index (χ4v) is 3.17. The highest BCUT2D eigenvalue weighted by Crippen LogP contribution is 2.28. The predicted octanol–water partition coefficient (Wildman–Crippen LogP) is 2.77. The number of rotatable bonds is 0. The van der Waals surface area contributed by atoms with E-state index in [4.69, 9.17) is 4.74 Å². The number of likely N-dealkylation sites (tertiary alicyclic amines) is 1. The van der Waals surface area contributed by atoms with Gasteiger partial charge in [0.05, 0.1) is 6.04 Å². The zero-order valence-electron chi connectivity index (χ0n) is 12.7. The monoisotopic (exact) mass is 268 g/mol. The number of piperidine rings is 1. The highest BCUT2D eigenvalue weighted by atomic mass is 16.6. The van der Waals surface area contributed by atoms with Crippen molar-refractivity contribution in [1.29, 1.82) is 0 Å². The highest BCUT2D eigenvalue weighted by Gasteiger charge is 2.37. The molecule has 0 aromatic rings. The summed E-state index contributed by atoms with van der Waals surface area (Å²) in [5.41, 5.74) is -0.410. The zero-order chi connectivity index (χ0) is 14.0. The minimum atomic E-state index is -0.410. The Morgan fingerprint density at radius 3 is 2.74 bits per heavy atom. The van der Waals surface area contributed by atoms with Crippen molar-refractivity contribution in [3.8, 4) is 0 Å². The number of hydrogen-bond acceptors (Lipinski definition) is 3. The van der Waals surface area contributed by atoms with Crippen LogP contribution in [-0.4, -0.2) is 41.8 Å². The van der Waals surface area contributed by atoms with E-state index in [-0.39, 0.29) is 6.09 Å². The molecule has 0 aliphatic carbocycles. The molecule has 0 aromatic carbocycles. The molecule has 0 aromatic heterocycles. The van der Waals surface area contributed by atoms with Crippen molar-refractivity contribution in [3.05, 3.63) is 0 Å². The normalized spacial score (nSPS) is 32.4. The largest absolute Gasteiger partial charge is 0.444 e. The van der Waals surface area contributed by atoms with Gasteiger partial charge in [0.2, 0.25) is 0 Å². The third-order valence-electron chi connectivity index (χ3n) is 4.10. The van der Waals surface area contributed by atoms with E-state index < -0.39 is 5.60 Å². The van der Waals surface area contributed by atoms with Crippen LogP contribution in [0.15, 0.2) is 0 Å². The van der Waals surface area contributed by atoms with Gasteiger partial charge in [0.15, 0.2) is 0 Å². The number of nitrogens with one attached hydrogen (secondary N) is 1. The maximum atomic E-state index is 12.4. The van der Waals surface area contributed by atoms with Crippen LogP contribution in [0.3, 0.4) is 0 Å². The Bertz CT molecular complexity index is 325. The van der Waals surface area contributed by atoms with Crippen molar-refractivity contribution in [2.45, 2.75) is 71.1 Å². The average Bonchev–Trinajstić information content (AvgIpc) is 2.45. The van der Waals surface area contributed by atoms with E-state index in [1.165, 1.54) is 6.42 Å². The molecule has 4 nitrogen and oxygen atoms in total. The van der Waals surface area contributed by atoms with Gasteiger partial charge < -0.3 is 15.0 Å². The van der Waals surface area contributed by atoms with Gasteiger partial charge in [-0.25, -0.2) is 4.79 Å². The van der Waals surface area contributed by atoms with E-state index >= 15 is 0 Å². The molecule has 0 spiro atoms. The first kappa shape index (κ1) is 14.6. The molecule has 19 heavy (non-hydrogen) atoms. The van der Waals surface area contributed by atoms with Crippen LogP contribution in [0.25, 0.3) is 0 Å². The topological polar surface area (TPSA) is 41.6 Å². The van der Waals surface area contributed by atoms with Gasteiger partial charge in [0.1, 0.15) is 5.60 Å². The van der Waals surface area contributed by atoms with E-state index in [1.807, 2.05) is 25.7 Å². The highest BCUT2D eigenvalue weighted by molar-refractivity contribution is 5.68. The zero-order valence-corrected chi connectivity index (χ0v) is 12.7. The molecule has 3 atom stereocenters. The van der Waals surface area contributed by atoms with Gasteiger partial charge in [0, 0.05) is 12.6 Å². The minimum absolute atomic E-state index is 0.139. The average molecular weight is 268 g/mol. The third kappa shape index (κ3) is 3.85. The molecule has 0 saturated carbocycles. The Hall–Kier alpha value is -0.770. The minimum Gasteiger partial charge on any atom is -0.444 e. The van der Waals surface area contributed by atoms with Gasteiger partial charge in [-0.3, -0.25) is 0 Å². The van der Waals surface area contributed by atoms with E-state index in [0.29, 0.717) is 18.0 Å². The van der Waals surface area contributed by atoms with E-state index in [9.17, 15) is 4.79 Å². The number of nitrogens with zero attached hydrogens (tertiary/aromatic N) is 1. The maximum Gasteiger partial charge on any atom is 0.410 e. The first-order valence-corrected chi connectivity index (χ1v) is 7.60. The van der Waals surface area contributed by atoms with Crippen LogP contribution >= 0.6 is 0 Å². The third-order valence-corrected chi connectivity index (χ3v) is 4.10. The second-order valence-electron chi connectivity index (χ2n) is 7.07. The summed E-state index contributed by atoms with van der Waals surface area (Å²) in [6.45, 7) is 9.99. The van der Waals surface area contributed by atoms with Crippen LogP contribution in [0.5, 0.6) is 0 Å². The molecule has 0 radical (unpaired) electrons. The molecule has 0 bridgehead atoms. The second kappa shape index (κ2) is 5.70. The summed E-state index contributed by atoms with van der Waals surface area (Å²) in [6, 6.07) is 0.757. The first-order chi connectivity index (χ1) is 8.87. The second-order valence-corrected chi connectivity index (χ2v) is 7.07. The first-order valence-electron chi connectivity index (χ1n) is 7.60. The van der Waals surface area contributed by atoms with E-state index in [1.54, 1.807) is 0 Å². The number of carbonyl (C=O) groups is 1. The van der Waals surface area contributed by atoms with Gasteiger partial charge in [-0.15, -0.1) is 0 Å². The lowest BCUT2D eigenvalue weighted by atomic mass is 9.91. The predicted molar refractivity (Wildman–Crippen MR) is 76.2 cm³/mol. The van der Waals surface area contributed by atoms with Crippen molar-refractivity contribution < 1.29 is 9.53 Å². The standard InChI is InChI=1S/C15H28N2O2/c1-11-7-9-17(14(18)19-15(2,3)4)13-6-5-8-16-12(13)10-11/h11-13,16H,5-10H2,1-4H3. The van der Waals surface area contributed by atoms with Crippen molar-refractivity contribution in [3.63, 3.8) is 0 Å². The molecule has 2 rings (SSSR count). The van der Waals surface area contributed by atoms with Crippen LogP contribution in [0.4, 0.5) is 4.79 Å². The van der Waals surface area contributed by atoms with Crippen LogP contribution in [0.2, 0.25) is 0 Å². The molecule has 1 N–H and O–H groups in total. The summed E-state index contributed by atoms with van der Waals surface area (Å²) < 4.78 is 5.58. The molecule has 2 aliphatic rings. The van der Waals surface area contributed by atoms with Crippen molar-refractivity contribution >= 4 is 6.09 Å². The van der Waals surface area contributed by atoms with Gasteiger partial charge in [-0.05, 0) is 58.9 Å². The fraction of sp³-hybridized carbons (Fsp3) is 0.933. The molecule has 110 valence electrons. The Kier molecular flexibility index (Phi) is 4.39. The van der Waals surface area contributed by atoms with Gasteiger partial charge in [-0.1, -0.05) is 6.92 Å².